The van der Waals surface area contributed by atoms with E-state index in [1.807, 2.05) is 6.07 Å². The normalized spacial score (nSPS) is 36.9. The Labute approximate surface area is 187 Å². The molecule has 6 rings (SSSR count). The first-order valence-corrected chi connectivity index (χ1v) is 11.7. The van der Waals surface area contributed by atoms with Gasteiger partial charge in [0.2, 0.25) is 0 Å². The number of carbonyl (C=O) groups is 1. The molecule has 2 saturated carbocycles. The Morgan fingerprint density at radius 2 is 2.12 bits per heavy atom. The number of rotatable bonds is 6. The average Bonchev–Trinajstić information content (AvgIpc) is 3.53. The number of aliphatic hydroxyl groups is 1. The molecule has 2 N–H and O–H groups in total. The Morgan fingerprint density at radius 3 is 2.88 bits per heavy atom. The van der Waals surface area contributed by atoms with Gasteiger partial charge >= 0.3 is 5.97 Å². The minimum Gasteiger partial charge on any atom is -0.504 e. The second kappa shape index (κ2) is 6.95. The lowest BCUT2D eigenvalue weighted by atomic mass is 9.48. The number of hydrogen-bond donors (Lipinski definition) is 2. The zero-order valence-electron chi connectivity index (χ0n) is 18.5. The smallest absolute Gasteiger partial charge is 0.335 e. The Balaban J connectivity index is 1.39. The fourth-order valence-corrected chi connectivity index (χ4v) is 7.02. The molecule has 3 fully saturated rings. The van der Waals surface area contributed by atoms with E-state index >= 15 is 0 Å². The van der Waals surface area contributed by atoms with E-state index in [1.165, 1.54) is 20.0 Å². The number of aromatic hydroxyl groups is 1. The molecule has 2 heterocycles. The van der Waals surface area contributed by atoms with E-state index in [-0.39, 0.29) is 30.1 Å². The molecule has 7 nitrogen and oxygen atoms in total. The molecule has 5 atom stereocenters. The van der Waals surface area contributed by atoms with Crippen LogP contribution in [-0.2, 0) is 26.1 Å². The van der Waals surface area contributed by atoms with Crippen LogP contribution in [0.25, 0.3) is 0 Å². The summed E-state index contributed by atoms with van der Waals surface area (Å²) in [5.74, 6) is 0.884. The maximum atomic E-state index is 12.4. The van der Waals surface area contributed by atoms with Crippen LogP contribution in [0.5, 0.6) is 11.5 Å². The SMILES string of the molecule is C=C(COC1CCC2(O)C3Cc4ccc(O)c5c4C2(CCN3CC2CC2)C1O5)C(=O)OC. The first-order chi connectivity index (χ1) is 15.4. The van der Waals surface area contributed by atoms with Crippen molar-refractivity contribution in [3.05, 3.63) is 35.4 Å². The molecule has 0 aromatic heterocycles. The van der Waals surface area contributed by atoms with Gasteiger partial charge in [-0.05, 0) is 62.6 Å². The molecule has 32 heavy (non-hydrogen) atoms. The lowest BCUT2D eigenvalue weighted by Gasteiger charge is -2.64. The fourth-order valence-electron chi connectivity index (χ4n) is 7.02. The molecular formula is C25H31NO6. The number of ether oxygens (including phenoxy) is 3. The molecule has 1 spiro atoms. The third-order valence-electron chi connectivity index (χ3n) is 8.65. The Bertz CT molecular complexity index is 989. The summed E-state index contributed by atoms with van der Waals surface area (Å²) in [7, 11) is 1.33. The van der Waals surface area contributed by atoms with Crippen molar-refractivity contribution >= 4 is 5.97 Å². The largest absolute Gasteiger partial charge is 0.504 e. The third kappa shape index (κ3) is 2.62. The molecular weight excluding hydrogens is 410 g/mol. The van der Waals surface area contributed by atoms with E-state index in [4.69, 9.17) is 14.2 Å². The lowest BCUT2D eigenvalue weighted by molar-refractivity contribution is -0.214. The van der Waals surface area contributed by atoms with Gasteiger partial charge in [-0.15, -0.1) is 0 Å². The highest BCUT2D eigenvalue weighted by molar-refractivity contribution is 5.87. The second-order valence-electron chi connectivity index (χ2n) is 10.3. The number of benzene rings is 1. The highest BCUT2D eigenvalue weighted by Gasteiger charge is 2.73. The van der Waals surface area contributed by atoms with Gasteiger partial charge in [0.15, 0.2) is 11.5 Å². The van der Waals surface area contributed by atoms with Crippen molar-refractivity contribution in [2.45, 2.75) is 67.8 Å². The summed E-state index contributed by atoms with van der Waals surface area (Å²) < 4.78 is 17.3. The number of phenolic OH excluding ortho intramolecular Hbond substituents is 1. The van der Waals surface area contributed by atoms with Crippen molar-refractivity contribution in [2.24, 2.45) is 5.92 Å². The predicted octanol–water partition coefficient (Wildman–Crippen LogP) is 2.07. The van der Waals surface area contributed by atoms with Crippen molar-refractivity contribution in [1.82, 2.24) is 4.90 Å². The van der Waals surface area contributed by atoms with Crippen molar-refractivity contribution in [1.29, 1.82) is 0 Å². The summed E-state index contributed by atoms with van der Waals surface area (Å²) in [6.07, 6.45) is 4.59. The molecule has 1 saturated heterocycles. The summed E-state index contributed by atoms with van der Waals surface area (Å²) in [5, 5.41) is 23.0. The number of likely N-dealkylation sites (tertiary alicyclic amines) is 1. The van der Waals surface area contributed by atoms with Crippen LogP contribution >= 0.6 is 0 Å². The lowest BCUT2D eigenvalue weighted by Crippen LogP contribution is -2.77. The van der Waals surface area contributed by atoms with Crippen molar-refractivity contribution in [3.8, 4) is 11.5 Å². The van der Waals surface area contributed by atoms with E-state index in [0.29, 0.717) is 18.6 Å². The van der Waals surface area contributed by atoms with Crippen LogP contribution in [0, 0.1) is 5.92 Å². The van der Waals surface area contributed by atoms with Gasteiger partial charge < -0.3 is 24.4 Å². The maximum absolute atomic E-state index is 12.4. The number of hydrogen-bond acceptors (Lipinski definition) is 7. The Morgan fingerprint density at radius 1 is 1.31 bits per heavy atom. The van der Waals surface area contributed by atoms with Crippen LogP contribution in [-0.4, -0.2) is 71.7 Å². The first kappa shape index (κ1) is 20.5. The van der Waals surface area contributed by atoms with Crippen LogP contribution in [0.15, 0.2) is 24.3 Å². The third-order valence-corrected chi connectivity index (χ3v) is 8.65. The Kier molecular flexibility index (Phi) is 4.46. The van der Waals surface area contributed by atoms with E-state index in [0.717, 1.165) is 43.0 Å². The second-order valence-corrected chi connectivity index (χ2v) is 10.3. The molecule has 172 valence electrons. The summed E-state index contributed by atoms with van der Waals surface area (Å²) in [5.41, 5.74) is 0.846. The van der Waals surface area contributed by atoms with Gasteiger partial charge in [-0.25, -0.2) is 4.79 Å². The van der Waals surface area contributed by atoms with Gasteiger partial charge in [0.1, 0.15) is 6.10 Å². The highest BCUT2D eigenvalue weighted by Crippen LogP contribution is 2.65. The number of phenols is 1. The van der Waals surface area contributed by atoms with Gasteiger partial charge in [-0.1, -0.05) is 12.6 Å². The fraction of sp³-hybridized carbons (Fsp3) is 0.640. The standard InChI is InChI=1S/C25H31NO6/c1-14(23(28)30-2)13-31-18-7-8-25(29)19-11-16-5-6-17(27)21-20(16)24(25,22(18)32-21)9-10-26(19)12-15-3-4-15/h5-6,15,18-19,22,27,29H,1,3-4,7-13H2,2H3. The van der Waals surface area contributed by atoms with Crippen molar-refractivity contribution in [2.75, 3.05) is 26.8 Å². The molecule has 5 unspecified atom stereocenters. The molecule has 0 radical (unpaired) electrons. The van der Waals surface area contributed by atoms with Gasteiger partial charge in [-0.3, -0.25) is 4.90 Å². The number of piperidine rings is 1. The van der Waals surface area contributed by atoms with Crippen LogP contribution in [0.2, 0.25) is 0 Å². The highest BCUT2D eigenvalue weighted by atomic mass is 16.6. The average molecular weight is 442 g/mol. The van der Waals surface area contributed by atoms with Gasteiger partial charge in [0, 0.05) is 18.2 Å². The number of nitrogens with zero attached hydrogens (tertiary/aromatic N) is 1. The minimum absolute atomic E-state index is 0.0388. The van der Waals surface area contributed by atoms with E-state index in [2.05, 4.69) is 11.5 Å². The summed E-state index contributed by atoms with van der Waals surface area (Å²) in [4.78, 5) is 14.3. The number of carbonyl (C=O) groups excluding carboxylic acids is 1. The van der Waals surface area contributed by atoms with E-state index < -0.39 is 23.1 Å². The number of methoxy groups -OCH3 is 1. The quantitative estimate of drug-likeness (QED) is 0.516. The van der Waals surface area contributed by atoms with Crippen LogP contribution in [0.1, 0.15) is 43.2 Å². The molecule has 1 aromatic rings. The zero-order chi connectivity index (χ0) is 22.3. The predicted molar refractivity (Wildman–Crippen MR) is 116 cm³/mol. The number of esters is 1. The summed E-state index contributed by atoms with van der Waals surface area (Å²) in [6, 6.07) is 3.75. The minimum atomic E-state index is -0.934. The summed E-state index contributed by atoms with van der Waals surface area (Å²) >= 11 is 0. The van der Waals surface area contributed by atoms with Crippen molar-refractivity contribution < 1.29 is 29.2 Å². The van der Waals surface area contributed by atoms with Crippen LogP contribution in [0.4, 0.5) is 0 Å². The zero-order valence-corrected chi connectivity index (χ0v) is 18.5. The molecule has 2 aliphatic heterocycles. The van der Waals surface area contributed by atoms with E-state index in [9.17, 15) is 15.0 Å². The molecule has 7 heteroatoms. The topological polar surface area (TPSA) is 88.5 Å². The molecule has 0 amide bonds. The van der Waals surface area contributed by atoms with E-state index in [1.54, 1.807) is 6.07 Å². The maximum Gasteiger partial charge on any atom is 0.335 e. The molecule has 3 aliphatic carbocycles. The Hall–Kier alpha value is -2.09. The van der Waals surface area contributed by atoms with Gasteiger partial charge in [0.05, 0.1) is 36.4 Å². The molecule has 1 aromatic carbocycles. The van der Waals surface area contributed by atoms with Crippen molar-refractivity contribution in [3.63, 3.8) is 0 Å². The van der Waals surface area contributed by atoms with Crippen LogP contribution < -0.4 is 4.74 Å². The monoisotopic (exact) mass is 441 g/mol. The van der Waals surface area contributed by atoms with Gasteiger partial charge in [-0.2, -0.15) is 0 Å². The molecule has 2 bridgehead atoms. The molecule has 5 aliphatic rings. The summed E-state index contributed by atoms with van der Waals surface area (Å²) in [6.45, 7) is 5.78. The first-order valence-electron chi connectivity index (χ1n) is 11.7. The van der Waals surface area contributed by atoms with Gasteiger partial charge in [0.25, 0.3) is 0 Å². The van der Waals surface area contributed by atoms with Crippen LogP contribution in [0.3, 0.4) is 0 Å².